The lowest BCUT2D eigenvalue weighted by atomic mass is 10.3. The maximum absolute atomic E-state index is 12.2. The lowest BCUT2D eigenvalue weighted by Crippen LogP contribution is -2.14. The van der Waals surface area contributed by atoms with E-state index in [9.17, 15) is 13.6 Å². The third-order valence-electron chi connectivity index (χ3n) is 3.60. The minimum Gasteiger partial charge on any atom is -0.433 e. The zero-order valence-corrected chi connectivity index (χ0v) is 17.0. The van der Waals surface area contributed by atoms with Crippen LogP contribution in [0.3, 0.4) is 0 Å². The van der Waals surface area contributed by atoms with Gasteiger partial charge < -0.3 is 14.6 Å². The van der Waals surface area contributed by atoms with Gasteiger partial charge in [0.2, 0.25) is 5.91 Å². The van der Waals surface area contributed by atoms with Crippen molar-refractivity contribution in [2.24, 2.45) is 7.05 Å². The number of benzene rings is 1. The number of halogens is 3. The standard InChI is InChI=1S/C17H15ClF2N4O2S2/c1-24-14(8-11-3-2-6-27-11)22-23-17(24)28-9-15(25)21-10-4-5-13(12(18)7-10)26-16(19)20/h2-7,16H,8-9H2,1H3,(H,21,25). The number of ether oxygens (including phenoxy) is 1. The predicted octanol–water partition coefficient (Wildman–Crippen LogP) is 4.45. The molecule has 2 aromatic heterocycles. The number of nitrogens with one attached hydrogen (secondary N) is 1. The van der Waals surface area contributed by atoms with Gasteiger partial charge in [-0.15, -0.1) is 21.5 Å². The highest BCUT2D eigenvalue weighted by atomic mass is 35.5. The molecule has 0 radical (unpaired) electrons. The molecule has 0 aliphatic carbocycles. The first-order valence-electron chi connectivity index (χ1n) is 8.00. The van der Waals surface area contributed by atoms with Crippen molar-refractivity contribution in [3.05, 3.63) is 51.4 Å². The minimum absolute atomic E-state index is 0.0164. The molecule has 0 aliphatic heterocycles. The summed E-state index contributed by atoms with van der Waals surface area (Å²) in [5.41, 5.74) is 0.383. The summed E-state index contributed by atoms with van der Waals surface area (Å²) < 4.78 is 30.6. The van der Waals surface area contributed by atoms with Crippen molar-refractivity contribution >= 4 is 46.3 Å². The Balaban J connectivity index is 1.54. The van der Waals surface area contributed by atoms with Crippen LogP contribution in [0.4, 0.5) is 14.5 Å². The highest BCUT2D eigenvalue weighted by Crippen LogP contribution is 2.29. The number of carbonyl (C=O) groups is 1. The molecule has 11 heteroatoms. The molecular formula is C17H15ClF2N4O2S2. The first-order chi connectivity index (χ1) is 13.4. The van der Waals surface area contributed by atoms with Crippen LogP contribution in [0.2, 0.25) is 5.02 Å². The maximum Gasteiger partial charge on any atom is 0.387 e. The second-order valence-electron chi connectivity index (χ2n) is 5.57. The first kappa shape index (κ1) is 20.6. The lowest BCUT2D eigenvalue weighted by molar-refractivity contribution is -0.113. The van der Waals surface area contributed by atoms with Crippen molar-refractivity contribution < 1.29 is 18.3 Å². The van der Waals surface area contributed by atoms with Gasteiger partial charge in [-0.3, -0.25) is 4.79 Å². The Morgan fingerprint density at radius 1 is 1.39 bits per heavy atom. The fraction of sp³-hybridized carbons (Fsp3) is 0.235. The zero-order chi connectivity index (χ0) is 20.1. The summed E-state index contributed by atoms with van der Waals surface area (Å²) in [5.74, 6) is 0.484. The summed E-state index contributed by atoms with van der Waals surface area (Å²) in [6.07, 6.45) is 0.680. The first-order valence-corrected chi connectivity index (χ1v) is 10.2. The Hall–Kier alpha value is -2.17. The number of thioether (sulfide) groups is 1. The summed E-state index contributed by atoms with van der Waals surface area (Å²) in [4.78, 5) is 13.3. The Morgan fingerprint density at radius 3 is 2.89 bits per heavy atom. The van der Waals surface area contributed by atoms with E-state index >= 15 is 0 Å². The molecule has 3 aromatic rings. The van der Waals surface area contributed by atoms with E-state index < -0.39 is 6.61 Å². The molecule has 0 saturated carbocycles. The average Bonchev–Trinajstić information content (AvgIpc) is 3.27. The van der Waals surface area contributed by atoms with Crippen LogP contribution >= 0.6 is 34.7 Å². The molecule has 0 fully saturated rings. The summed E-state index contributed by atoms with van der Waals surface area (Å²) in [6.45, 7) is -2.97. The molecule has 148 valence electrons. The smallest absolute Gasteiger partial charge is 0.387 e. The molecule has 6 nitrogen and oxygen atoms in total. The van der Waals surface area contributed by atoms with Gasteiger partial charge in [-0.1, -0.05) is 29.4 Å². The van der Waals surface area contributed by atoms with Crippen LogP contribution < -0.4 is 10.1 Å². The number of thiophene rings is 1. The van der Waals surface area contributed by atoms with Gasteiger partial charge in [-0.25, -0.2) is 0 Å². The third-order valence-corrected chi connectivity index (χ3v) is 5.79. The van der Waals surface area contributed by atoms with E-state index in [0.29, 0.717) is 17.3 Å². The molecule has 0 spiro atoms. The van der Waals surface area contributed by atoms with Gasteiger partial charge in [0, 0.05) is 24.0 Å². The van der Waals surface area contributed by atoms with Crippen LogP contribution in [0.25, 0.3) is 0 Å². The number of alkyl halides is 2. The number of amides is 1. The fourth-order valence-corrected chi connectivity index (χ4v) is 3.95. The summed E-state index contributed by atoms with van der Waals surface area (Å²) in [5, 5.41) is 13.6. The van der Waals surface area contributed by atoms with Crippen LogP contribution in [0.5, 0.6) is 5.75 Å². The topological polar surface area (TPSA) is 69.0 Å². The van der Waals surface area contributed by atoms with Crippen LogP contribution in [-0.4, -0.2) is 33.0 Å². The quantitative estimate of drug-likeness (QED) is 0.520. The number of hydrogen-bond acceptors (Lipinski definition) is 6. The van der Waals surface area contributed by atoms with Crippen LogP contribution in [-0.2, 0) is 18.3 Å². The van der Waals surface area contributed by atoms with Crippen molar-refractivity contribution in [3.8, 4) is 5.75 Å². The van der Waals surface area contributed by atoms with Crippen molar-refractivity contribution in [2.75, 3.05) is 11.1 Å². The Morgan fingerprint density at radius 2 is 2.21 bits per heavy atom. The van der Waals surface area contributed by atoms with Crippen molar-refractivity contribution in [3.63, 3.8) is 0 Å². The van der Waals surface area contributed by atoms with E-state index in [2.05, 4.69) is 20.3 Å². The molecule has 0 saturated heterocycles. The second kappa shape index (κ2) is 9.35. The summed E-state index contributed by atoms with van der Waals surface area (Å²) in [7, 11) is 1.85. The molecule has 28 heavy (non-hydrogen) atoms. The van der Waals surface area contributed by atoms with E-state index in [4.69, 9.17) is 11.6 Å². The number of nitrogens with zero attached hydrogens (tertiary/aromatic N) is 3. The van der Waals surface area contributed by atoms with E-state index in [0.717, 1.165) is 5.82 Å². The lowest BCUT2D eigenvalue weighted by Gasteiger charge is -2.09. The summed E-state index contributed by atoms with van der Waals surface area (Å²) >= 11 is 8.77. The molecule has 0 aliphatic rings. The molecule has 0 unspecified atom stereocenters. The number of aromatic nitrogens is 3. The SMILES string of the molecule is Cn1c(Cc2cccs2)nnc1SCC(=O)Nc1ccc(OC(F)F)c(Cl)c1. The van der Waals surface area contributed by atoms with Gasteiger partial charge in [0.25, 0.3) is 0 Å². The van der Waals surface area contributed by atoms with Crippen molar-refractivity contribution in [1.82, 2.24) is 14.8 Å². The number of carbonyl (C=O) groups excluding carboxylic acids is 1. The van der Waals surface area contributed by atoms with Gasteiger partial charge in [-0.2, -0.15) is 8.78 Å². The Bertz CT molecular complexity index is 951. The van der Waals surface area contributed by atoms with E-state index in [1.54, 1.807) is 11.3 Å². The molecule has 1 amide bonds. The molecule has 0 atom stereocenters. The Labute approximate surface area is 172 Å². The fourth-order valence-electron chi connectivity index (χ4n) is 2.29. The minimum atomic E-state index is -2.97. The van der Waals surface area contributed by atoms with E-state index in [1.807, 2.05) is 29.1 Å². The van der Waals surface area contributed by atoms with Gasteiger partial charge in [0.15, 0.2) is 5.16 Å². The number of rotatable bonds is 8. The highest BCUT2D eigenvalue weighted by Gasteiger charge is 2.14. The molecule has 3 rings (SSSR count). The van der Waals surface area contributed by atoms with Gasteiger partial charge >= 0.3 is 6.61 Å². The maximum atomic E-state index is 12.2. The van der Waals surface area contributed by atoms with Gasteiger partial charge in [-0.05, 0) is 29.6 Å². The zero-order valence-electron chi connectivity index (χ0n) is 14.6. The summed E-state index contributed by atoms with van der Waals surface area (Å²) in [6, 6.07) is 8.07. The average molecular weight is 445 g/mol. The van der Waals surface area contributed by atoms with E-state index in [1.165, 1.54) is 34.8 Å². The van der Waals surface area contributed by atoms with Gasteiger partial charge in [0.1, 0.15) is 11.6 Å². The Kier molecular flexibility index (Phi) is 6.87. The molecule has 2 heterocycles. The normalized spacial score (nSPS) is 11.0. The van der Waals surface area contributed by atoms with Crippen molar-refractivity contribution in [2.45, 2.75) is 18.2 Å². The molecule has 1 N–H and O–H groups in total. The van der Waals surface area contributed by atoms with E-state index in [-0.39, 0.29) is 22.4 Å². The van der Waals surface area contributed by atoms with Crippen molar-refractivity contribution in [1.29, 1.82) is 0 Å². The largest absolute Gasteiger partial charge is 0.433 e. The van der Waals surface area contributed by atoms with Crippen LogP contribution in [0.15, 0.2) is 40.9 Å². The van der Waals surface area contributed by atoms with Gasteiger partial charge in [0.05, 0.1) is 10.8 Å². The molecule has 1 aromatic carbocycles. The highest BCUT2D eigenvalue weighted by molar-refractivity contribution is 7.99. The predicted molar refractivity (Wildman–Crippen MR) is 106 cm³/mol. The number of anilines is 1. The monoisotopic (exact) mass is 444 g/mol. The van der Waals surface area contributed by atoms with Crippen LogP contribution in [0, 0.1) is 0 Å². The third kappa shape index (κ3) is 5.43. The second-order valence-corrected chi connectivity index (χ2v) is 7.96. The molecular weight excluding hydrogens is 430 g/mol. The van der Waals surface area contributed by atoms with Crippen LogP contribution in [0.1, 0.15) is 10.7 Å². The number of hydrogen-bond donors (Lipinski definition) is 1. The molecule has 0 bridgehead atoms.